The standard InChI is InChI=1S/C17H16ClNO4S/c18-15-7-6-14(24-15)12-8-19(9-13(12)16(20)21)17(22)23-10-11-4-2-1-3-5-11/h1-7,12-13H,8-10H2,(H,20,21). The van der Waals surface area contributed by atoms with E-state index in [0.717, 1.165) is 10.4 Å². The van der Waals surface area contributed by atoms with Gasteiger partial charge in [-0.2, -0.15) is 0 Å². The van der Waals surface area contributed by atoms with Crippen molar-refractivity contribution in [2.75, 3.05) is 13.1 Å². The number of carboxylic acid groups (broad SMARTS) is 1. The third-order valence-corrected chi connectivity index (χ3v) is 5.42. The Hall–Kier alpha value is -2.05. The molecule has 1 aromatic heterocycles. The summed E-state index contributed by atoms with van der Waals surface area (Å²) in [6.07, 6.45) is -0.491. The number of likely N-dealkylation sites (tertiary alicyclic amines) is 1. The molecule has 0 bridgehead atoms. The van der Waals surface area contributed by atoms with E-state index in [1.54, 1.807) is 6.07 Å². The van der Waals surface area contributed by atoms with Crippen molar-refractivity contribution in [1.29, 1.82) is 0 Å². The Morgan fingerprint density at radius 3 is 2.58 bits per heavy atom. The Bertz CT molecular complexity index is 733. The van der Waals surface area contributed by atoms with Crippen molar-refractivity contribution < 1.29 is 19.4 Å². The molecule has 1 aliphatic heterocycles. The largest absolute Gasteiger partial charge is 0.481 e. The van der Waals surface area contributed by atoms with E-state index in [1.165, 1.54) is 16.2 Å². The number of carbonyl (C=O) groups excluding carboxylic acids is 1. The second-order valence-corrected chi connectivity index (χ2v) is 7.38. The van der Waals surface area contributed by atoms with E-state index in [4.69, 9.17) is 16.3 Å². The molecule has 7 heteroatoms. The van der Waals surface area contributed by atoms with E-state index in [0.29, 0.717) is 10.9 Å². The highest BCUT2D eigenvalue weighted by Crippen LogP contribution is 2.38. The van der Waals surface area contributed by atoms with E-state index in [1.807, 2.05) is 36.4 Å². The number of rotatable bonds is 4. The highest BCUT2D eigenvalue weighted by atomic mass is 35.5. The predicted octanol–water partition coefficient (Wildman–Crippen LogP) is 3.84. The zero-order valence-corrected chi connectivity index (χ0v) is 14.3. The maximum atomic E-state index is 12.3. The Labute approximate surface area is 148 Å². The van der Waals surface area contributed by atoms with Gasteiger partial charge in [-0.05, 0) is 17.7 Å². The van der Waals surface area contributed by atoms with Crippen LogP contribution in [0.5, 0.6) is 0 Å². The number of nitrogens with zero attached hydrogens (tertiary/aromatic N) is 1. The zero-order chi connectivity index (χ0) is 17.1. The lowest BCUT2D eigenvalue weighted by Gasteiger charge is -2.16. The summed E-state index contributed by atoms with van der Waals surface area (Å²) < 4.78 is 5.91. The summed E-state index contributed by atoms with van der Waals surface area (Å²) in [6.45, 7) is 0.633. The van der Waals surface area contributed by atoms with Gasteiger partial charge in [-0.25, -0.2) is 4.79 Å². The molecule has 2 unspecified atom stereocenters. The summed E-state index contributed by atoms with van der Waals surface area (Å²) in [7, 11) is 0. The molecule has 1 aromatic carbocycles. The summed E-state index contributed by atoms with van der Waals surface area (Å²) >= 11 is 7.30. The topological polar surface area (TPSA) is 66.8 Å². The van der Waals surface area contributed by atoms with Gasteiger partial charge in [0.1, 0.15) is 6.61 Å². The Morgan fingerprint density at radius 1 is 1.21 bits per heavy atom. The molecular formula is C17H16ClNO4S. The van der Waals surface area contributed by atoms with Crippen molar-refractivity contribution in [1.82, 2.24) is 4.90 Å². The summed E-state index contributed by atoms with van der Waals surface area (Å²) in [5.74, 6) is -1.82. The van der Waals surface area contributed by atoms with Crippen molar-refractivity contribution in [2.45, 2.75) is 12.5 Å². The minimum atomic E-state index is -0.914. The van der Waals surface area contributed by atoms with Crippen LogP contribution in [0.3, 0.4) is 0 Å². The van der Waals surface area contributed by atoms with Gasteiger partial charge >= 0.3 is 12.1 Å². The molecule has 3 rings (SSSR count). The van der Waals surface area contributed by atoms with E-state index in [9.17, 15) is 14.7 Å². The monoisotopic (exact) mass is 365 g/mol. The molecule has 1 amide bonds. The maximum Gasteiger partial charge on any atom is 0.410 e. The van der Waals surface area contributed by atoms with E-state index in [2.05, 4.69) is 0 Å². The lowest BCUT2D eigenvalue weighted by molar-refractivity contribution is -0.141. The zero-order valence-electron chi connectivity index (χ0n) is 12.7. The normalized spacial score (nSPS) is 20.1. The van der Waals surface area contributed by atoms with Crippen LogP contribution in [0.2, 0.25) is 4.34 Å². The van der Waals surface area contributed by atoms with Gasteiger partial charge in [0.2, 0.25) is 0 Å². The van der Waals surface area contributed by atoms with Crippen LogP contribution < -0.4 is 0 Å². The summed E-state index contributed by atoms with van der Waals surface area (Å²) in [4.78, 5) is 26.1. The quantitative estimate of drug-likeness (QED) is 0.893. The molecule has 5 nitrogen and oxygen atoms in total. The highest BCUT2D eigenvalue weighted by molar-refractivity contribution is 7.16. The number of thiophene rings is 1. The first kappa shape index (κ1) is 16.8. The van der Waals surface area contributed by atoms with E-state index < -0.39 is 18.0 Å². The van der Waals surface area contributed by atoms with Crippen LogP contribution in [0.4, 0.5) is 4.79 Å². The molecule has 2 heterocycles. The van der Waals surface area contributed by atoms with Crippen molar-refractivity contribution in [3.05, 3.63) is 57.2 Å². The van der Waals surface area contributed by atoms with Gasteiger partial charge < -0.3 is 14.7 Å². The summed E-state index contributed by atoms with van der Waals surface area (Å²) in [5.41, 5.74) is 0.890. The lowest BCUT2D eigenvalue weighted by Crippen LogP contribution is -2.30. The number of ether oxygens (including phenoxy) is 1. The van der Waals surface area contributed by atoms with Crippen molar-refractivity contribution >= 4 is 35.0 Å². The van der Waals surface area contributed by atoms with Crippen LogP contribution >= 0.6 is 22.9 Å². The number of carbonyl (C=O) groups is 2. The smallest absolute Gasteiger partial charge is 0.410 e. The Morgan fingerprint density at radius 2 is 1.96 bits per heavy atom. The van der Waals surface area contributed by atoms with Crippen LogP contribution in [0, 0.1) is 5.92 Å². The van der Waals surface area contributed by atoms with E-state index >= 15 is 0 Å². The molecule has 0 saturated carbocycles. The van der Waals surface area contributed by atoms with Gasteiger partial charge in [0.15, 0.2) is 0 Å². The Kier molecular flexibility index (Phi) is 5.06. The van der Waals surface area contributed by atoms with Crippen LogP contribution in [0.15, 0.2) is 42.5 Å². The second kappa shape index (κ2) is 7.23. The molecule has 1 saturated heterocycles. The van der Waals surface area contributed by atoms with Gasteiger partial charge in [0, 0.05) is 23.9 Å². The number of hydrogen-bond donors (Lipinski definition) is 1. The van der Waals surface area contributed by atoms with Gasteiger partial charge in [-0.1, -0.05) is 41.9 Å². The molecule has 126 valence electrons. The van der Waals surface area contributed by atoms with Crippen molar-refractivity contribution in [3.8, 4) is 0 Å². The van der Waals surface area contributed by atoms with Crippen LogP contribution in [-0.4, -0.2) is 35.2 Å². The van der Waals surface area contributed by atoms with Gasteiger partial charge in [0.05, 0.1) is 10.3 Å². The van der Waals surface area contributed by atoms with E-state index in [-0.39, 0.29) is 19.1 Å². The molecule has 0 aliphatic carbocycles. The summed E-state index contributed by atoms with van der Waals surface area (Å²) in [6, 6.07) is 12.9. The molecule has 1 N–H and O–H groups in total. The molecule has 1 aliphatic rings. The molecule has 2 atom stereocenters. The minimum absolute atomic E-state index is 0.142. The van der Waals surface area contributed by atoms with Crippen molar-refractivity contribution in [2.24, 2.45) is 5.92 Å². The number of hydrogen-bond acceptors (Lipinski definition) is 4. The molecule has 24 heavy (non-hydrogen) atoms. The first-order chi connectivity index (χ1) is 11.5. The first-order valence-electron chi connectivity index (χ1n) is 7.48. The van der Waals surface area contributed by atoms with Gasteiger partial charge in [-0.3, -0.25) is 4.79 Å². The van der Waals surface area contributed by atoms with Crippen LogP contribution in [-0.2, 0) is 16.1 Å². The fraction of sp³-hybridized carbons (Fsp3) is 0.294. The number of benzene rings is 1. The number of amides is 1. The van der Waals surface area contributed by atoms with Gasteiger partial charge in [-0.15, -0.1) is 11.3 Å². The number of halogens is 1. The SMILES string of the molecule is O=C(O)C1CN(C(=O)OCc2ccccc2)CC1c1ccc(Cl)s1. The first-order valence-corrected chi connectivity index (χ1v) is 8.67. The minimum Gasteiger partial charge on any atom is -0.481 e. The van der Waals surface area contributed by atoms with Crippen molar-refractivity contribution in [3.63, 3.8) is 0 Å². The predicted molar refractivity (Wildman–Crippen MR) is 91.4 cm³/mol. The third kappa shape index (κ3) is 3.71. The average molecular weight is 366 g/mol. The molecule has 0 spiro atoms. The molecule has 2 aromatic rings. The lowest BCUT2D eigenvalue weighted by atomic mass is 9.95. The summed E-state index contributed by atoms with van der Waals surface area (Å²) in [5, 5.41) is 9.45. The van der Waals surface area contributed by atoms with Crippen LogP contribution in [0.1, 0.15) is 16.4 Å². The molecular weight excluding hydrogens is 350 g/mol. The molecule has 0 radical (unpaired) electrons. The number of carboxylic acids is 1. The second-order valence-electron chi connectivity index (χ2n) is 5.64. The Balaban J connectivity index is 1.66. The third-order valence-electron chi connectivity index (χ3n) is 4.06. The highest BCUT2D eigenvalue weighted by Gasteiger charge is 2.41. The fourth-order valence-electron chi connectivity index (χ4n) is 2.83. The fourth-order valence-corrected chi connectivity index (χ4v) is 4.05. The van der Waals surface area contributed by atoms with Crippen LogP contribution in [0.25, 0.3) is 0 Å². The maximum absolute atomic E-state index is 12.3. The molecule has 1 fully saturated rings. The van der Waals surface area contributed by atoms with Gasteiger partial charge in [0.25, 0.3) is 0 Å². The number of aliphatic carboxylic acids is 1. The average Bonchev–Trinajstić information content (AvgIpc) is 3.20.